The third kappa shape index (κ3) is 2.35. The van der Waals surface area contributed by atoms with Gasteiger partial charge in [-0.25, -0.2) is 0 Å². The lowest BCUT2D eigenvalue weighted by Crippen LogP contribution is -2.08. The summed E-state index contributed by atoms with van der Waals surface area (Å²) in [6.45, 7) is 2.77. The number of rotatable bonds is 4. The van der Waals surface area contributed by atoms with Crippen molar-refractivity contribution in [3.8, 4) is 6.07 Å². The molecule has 0 aliphatic heterocycles. The Kier molecular flexibility index (Phi) is 3.63. The van der Waals surface area contributed by atoms with Gasteiger partial charge in [-0.05, 0) is 25.1 Å². The van der Waals surface area contributed by atoms with Crippen LogP contribution in [0.25, 0.3) is 10.9 Å². The smallest absolute Gasteiger partial charge is 0.307 e. The van der Waals surface area contributed by atoms with E-state index >= 15 is 0 Å². The number of esters is 1. The highest BCUT2D eigenvalue weighted by atomic mass is 16.5. The summed E-state index contributed by atoms with van der Waals surface area (Å²) in [6.07, 6.45) is 2.24. The minimum Gasteiger partial charge on any atom is -0.466 e. The van der Waals surface area contributed by atoms with Gasteiger partial charge >= 0.3 is 5.97 Å². The van der Waals surface area contributed by atoms with Crippen LogP contribution in [0.2, 0.25) is 0 Å². The lowest BCUT2D eigenvalue weighted by atomic mass is 10.1. The second-order valence-corrected chi connectivity index (χ2v) is 3.91. The Balaban J connectivity index is 2.20. The fraction of sp³-hybridized carbons (Fsp3) is 0.286. The van der Waals surface area contributed by atoms with Gasteiger partial charge in [0.15, 0.2) is 0 Å². The summed E-state index contributed by atoms with van der Waals surface area (Å²) in [5, 5.41) is 9.92. The molecule has 18 heavy (non-hydrogen) atoms. The molecule has 0 saturated carbocycles. The third-order valence-electron chi connectivity index (χ3n) is 2.80. The van der Waals surface area contributed by atoms with Gasteiger partial charge in [-0.3, -0.25) is 4.79 Å². The molecule has 2 aromatic rings. The number of aryl methyl sites for hydroxylation is 1. The number of aromatic nitrogens is 1. The Hall–Kier alpha value is -2.28. The predicted octanol–water partition coefficient (Wildman–Crippen LogP) is 2.47. The summed E-state index contributed by atoms with van der Waals surface area (Å²) in [4.78, 5) is 11.3. The number of fused-ring (bicyclic) bond motifs is 1. The van der Waals surface area contributed by atoms with Gasteiger partial charge in [-0.15, -0.1) is 0 Å². The van der Waals surface area contributed by atoms with Gasteiger partial charge in [0.1, 0.15) is 0 Å². The number of nitriles is 1. The summed E-state index contributed by atoms with van der Waals surface area (Å²) in [6, 6.07) is 9.65. The van der Waals surface area contributed by atoms with Crippen molar-refractivity contribution in [3.63, 3.8) is 0 Å². The van der Waals surface area contributed by atoms with Crippen LogP contribution >= 0.6 is 0 Å². The van der Waals surface area contributed by atoms with Crippen molar-refractivity contribution in [1.29, 1.82) is 5.26 Å². The molecule has 1 aromatic heterocycles. The van der Waals surface area contributed by atoms with Gasteiger partial charge in [-0.2, -0.15) is 5.26 Å². The average molecular weight is 242 g/mol. The number of hydrogen-bond acceptors (Lipinski definition) is 3. The lowest BCUT2D eigenvalue weighted by molar-refractivity contribution is -0.143. The van der Waals surface area contributed by atoms with Crippen LogP contribution in [-0.4, -0.2) is 17.1 Å². The van der Waals surface area contributed by atoms with Crippen molar-refractivity contribution in [3.05, 3.63) is 36.0 Å². The maximum atomic E-state index is 11.3. The quantitative estimate of drug-likeness (QED) is 0.774. The van der Waals surface area contributed by atoms with E-state index in [1.54, 1.807) is 13.0 Å². The van der Waals surface area contributed by atoms with Gasteiger partial charge in [0.05, 0.1) is 24.7 Å². The highest BCUT2D eigenvalue weighted by Gasteiger charge is 2.07. The first-order chi connectivity index (χ1) is 8.76. The topological polar surface area (TPSA) is 55.0 Å². The predicted molar refractivity (Wildman–Crippen MR) is 67.9 cm³/mol. The molecule has 0 bridgehead atoms. The number of benzene rings is 1. The van der Waals surface area contributed by atoms with E-state index < -0.39 is 0 Å². The Bertz CT molecular complexity index is 608. The molecule has 0 saturated heterocycles. The van der Waals surface area contributed by atoms with Crippen LogP contribution in [0.5, 0.6) is 0 Å². The number of ether oxygens (including phenoxy) is 1. The van der Waals surface area contributed by atoms with Crippen LogP contribution in [0, 0.1) is 11.3 Å². The molecule has 4 nitrogen and oxygen atoms in total. The second kappa shape index (κ2) is 5.37. The number of carbonyl (C=O) groups excluding carboxylic acids is 1. The van der Waals surface area contributed by atoms with E-state index in [1.807, 2.05) is 29.0 Å². The summed E-state index contributed by atoms with van der Waals surface area (Å²) in [7, 11) is 0. The molecular formula is C14H14N2O2. The minimum atomic E-state index is -0.198. The van der Waals surface area contributed by atoms with Gasteiger partial charge in [0.2, 0.25) is 0 Å². The molecule has 1 heterocycles. The maximum Gasteiger partial charge on any atom is 0.307 e. The van der Waals surface area contributed by atoms with E-state index in [0.717, 1.165) is 10.9 Å². The van der Waals surface area contributed by atoms with E-state index in [1.165, 1.54) is 0 Å². The molecule has 0 aliphatic carbocycles. The van der Waals surface area contributed by atoms with Gasteiger partial charge in [0.25, 0.3) is 0 Å². The molecule has 0 N–H and O–H groups in total. The number of hydrogen-bond donors (Lipinski definition) is 0. The molecule has 1 aromatic carbocycles. The van der Waals surface area contributed by atoms with Crippen molar-refractivity contribution in [2.75, 3.05) is 6.61 Å². The summed E-state index contributed by atoms with van der Waals surface area (Å²) in [5.41, 5.74) is 1.63. The Morgan fingerprint density at radius 3 is 3.00 bits per heavy atom. The Morgan fingerprint density at radius 1 is 1.44 bits per heavy atom. The molecule has 0 radical (unpaired) electrons. The Labute approximate surface area is 105 Å². The molecule has 0 atom stereocenters. The number of nitrogens with zero attached hydrogens (tertiary/aromatic N) is 2. The average Bonchev–Trinajstić information content (AvgIpc) is 2.79. The molecule has 0 unspecified atom stereocenters. The molecule has 0 fully saturated rings. The lowest BCUT2D eigenvalue weighted by Gasteiger charge is -2.05. The second-order valence-electron chi connectivity index (χ2n) is 3.91. The number of carbonyl (C=O) groups is 1. The standard InChI is InChI=1S/C14H14N2O2/c1-2-18-14(17)7-9-16-8-6-12-11(10-15)4-3-5-13(12)16/h3-6,8H,2,7,9H2,1H3. The zero-order chi connectivity index (χ0) is 13.0. The van der Waals surface area contributed by atoms with Crippen LogP contribution in [0.4, 0.5) is 0 Å². The SMILES string of the molecule is CCOC(=O)CCn1ccc2c(C#N)cccc21. The van der Waals surface area contributed by atoms with Crippen LogP contribution in [0.15, 0.2) is 30.5 Å². The third-order valence-corrected chi connectivity index (χ3v) is 2.80. The largest absolute Gasteiger partial charge is 0.466 e. The van der Waals surface area contributed by atoms with Crippen molar-refractivity contribution in [2.45, 2.75) is 19.9 Å². The van der Waals surface area contributed by atoms with E-state index in [9.17, 15) is 4.79 Å². The highest BCUT2D eigenvalue weighted by molar-refractivity contribution is 5.86. The van der Waals surface area contributed by atoms with Gasteiger partial charge in [-0.1, -0.05) is 6.07 Å². The normalized spacial score (nSPS) is 10.2. The summed E-state index contributed by atoms with van der Waals surface area (Å²) in [5.74, 6) is -0.198. The van der Waals surface area contributed by atoms with E-state index in [4.69, 9.17) is 10.00 Å². The first kappa shape index (κ1) is 12.2. The fourth-order valence-corrected chi connectivity index (χ4v) is 1.96. The van der Waals surface area contributed by atoms with Crippen molar-refractivity contribution in [2.24, 2.45) is 0 Å². The maximum absolute atomic E-state index is 11.3. The molecular weight excluding hydrogens is 228 g/mol. The van der Waals surface area contributed by atoms with Crippen molar-refractivity contribution in [1.82, 2.24) is 4.57 Å². The fourth-order valence-electron chi connectivity index (χ4n) is 1.96. The molecule has 0 spiro atoms. The van der Waals surface area contributed by atoms with Crippen LogP contribution in [0.3, 0.4) is 0 Å². The van der Waals surface area contributed by atoms with E-state index in [-0.39, 0.29) is 5.97 Å². The summed E-state index contributed by atoms with van der Waals surface area (Å²) >= 11 is 0. The first-order valence-corrected chi connectivity index (χ1v) is 5.90. The molecule has 0 aliphatic rings. The van der Waals surface area contributed by atoms with E-state index in [0.29, 0.717) is 25.1 Å². The Morgan fingerprint density at radius 2 is 2.28 bits per heavy atom. The van der Waals surface area contributed by atoms with Crippen LogP contribution in [0.1, 0.15) is 18.9 Å². The van der Waals surface area contributed by atoms with Crippen LogP contribution < -0.4 is 0 Å². The van der Waals surface area contributed by atoms with E-state index in [2.05, 4.69) is 6.07 Å². The van der Waals surface area contributed by atoms with Crippen molar-refractivity contribution < 1.29 is 9.53 Å². The zero-order valence-electron chi connectivity index (χ0n) is 10.2. The van der Waals surface area contributed by atoms with Gasteiger partial charge in [0, 0.05) is 23.6 Å². The minimum absolute atomic E-state index is 0.198. The molecule has 2 rings (SSSR count). The highest BCUT2D eigenvalue weighted by Crippen LogP contribution is 2.19. The zero-order valence-corrected chi connectivity index (χ0v) is 10.2. The van der Waals surface area contributed by atoms with Crippen LogP contribution in [-0.2, 0) is 16.1 Å². The molecule has 92 valence electrons. The summed E-state index contributed by atoms with van der Waals surface area (Å²) < 4.78 is 6.86. The monoisotopic (exact) mass is 242 g/mol. The molecule has 0 amide bonds. The first-order valence-electron chi connectivity index (χ1n) is 5.90. The van der Waals surface area contributed by atoms with Crippen molar-refractivity contribution >= 4 is 16.9 Å². The molecule has 4 heteroatoms. The van der Waals surface area contributed by atoms with Gasteiger partial charge < -0.3 is 9.30 Å².